The van der Waals surface area contributed by atoms with Crippen molar-refractivity contribution in [3.05, 3.63) is 29.8 Å². The minimum atomic E-state index is -1.11. The molecule has 1 aliphatic rings. The number of nitriles is 1. The molecule has 0 radical (unpaired) electrons. The lowest BCUT2D eigenvalue weighted by Crippen LogP contribution is -2.46. The molecule has 2 N–H and O–H groups in total. The Morgan fingerprint density at radius 3 is 2.76 bits per heavy atom. The smallest absolute Gasteiger partial charge is 0.165 e. The van der Waals surface area contributed by atoms with Gasteiger partial charge in [-0.25, -0.2) is 8.78 Å². The zero-order valence-corrected chi connectivity index (χ0v) is 9.12. The van der Waals surface area contributed by atoms with Crippen LogP contribution < -0.4 is 10.5 Å². The summed E-state index contributed by atoms with van der Waals surface area (Å²) >= 11 is 0. The number of nitrogens with two attached hydrogens (primary N) is 1. The van der Waals surface area contributed by atoms with Gasteiger partial charge in [0.1, 0.15) is 18.0 Å². The van der Waals surface area contributed by atoms with Gasteiger partial charge in [0.25, 0.3) is 0 Å². The van der Waals surface area contributed by atoms with E-state index in [9.17, 15) is 8.78 Å². The van der Waals surface area contributed by atoms with Crippen molar-refractivity contribution in [1.82, 2.24) is 0 Å². The SMILES string of the molecule is N#CC(N)(COc1cc(F)ccc1F)C1CC1. The van der Waals surface area contributed by atoms with Gasteiger partial charge in [-0.05, 0) is 30.9 Å². The molecule has 90 valence electrons. The second-order valence-corrected chi connectivity index (χ2v) is 4.29. The van der Waals surface area contributed by atoms with Crippen molar-refractivity contribution >= 4 is 0 Å². The van der Waals surface area contributed by atoms with Crippen LogP contribution >= 0.6 is 0 Å². The maximum absolute atomic E-state index is 13.3. The monoisotopic (exact) mass is 238 g/mol. The molecule has 0 amide bonds. The third kappa shape index (κ3) is 2.53. The highest BCUT2D eigenvalue weighted by Crippen LogP contribution is 2.38. The van der Waals surface area contributed by atoms with Crippen LogP contribution in [0.1, 0.15) is 12.8 Å². The van der Waals surface area contributed by atoms with E-state index in [0.717, 1.165) is 31.0 Å². The van der Waals surface area contributed by atoms with Gasteiger partial charge in [-0.1, -0.05) is 0 Å². The van der Waals surface area contributed by atoms with Crippen molar-refractivity contribution in [2.75, 3.05) is 6.61 Å². The highest BCUT2D eigenvalue weighted by atomic mass is 19.1. The van der Waals surface area contributed by atoms with Gasteiger partial charge in [0.15, 0.2) is 11.6 Å². The zero-order valence-electron chi connectivity index (χ0n) is 9.12. The van der Waals surface area contributed by atoms with E-state index in [0.29, 0.717) is 0 Å². The van der Waals surface area contributed by atoms with Gasteiger partial charge in [-0.2, -0.15) is 5.26 Å². The van der Waals surface area contributed by atoms with Gasteiger partial charge in [0.2, 0.25) is 0 Å². The Labute approximate surface area is 97.8 Å². The Balaban J connectivity index is 2.06. The number of nitrogens with zero attached hydrogens (tertiary/aromatic N) is 1. The molecular formula is C12H12F2N2O. The van der Waals surface area contributed by atoms with Crippen LogP contribution in [0.25, 0.3) is 0 Å². The number of rotatable bonds is 4. The first-order valence-corrected chi connectivity index (χ1v) is 5.33. The highest BCUT2D eigenvalue weighted by molar-refractivity contribution is 5.26. The molecule has 2 rings (SSSR count). The molecule has 17 heavy (non-hydrogen) atoms. The summed E-state index contributed by atoms with van der Waals surface area (Å²) in [6.07, 6.45) is 1.75. The van der Waals surface area contributed by atoms with Gasteiger partial charge in [0, 0.05) is 6.07 Å². The van der Waals surface area contributed by atoms with E-state index in [1.807, 2.05) is 6.07 Å². The molecule has 0 spiro atoms. The Morgan fingerprint density at radius 1 is 1.47 bits per heavy atom. The second-order valence-electron chi connectivity index (χ2n) is 4.29. The standard InChI is InChI=1S/C12H12F2N2O/c13-9-3-4-10(14)11(5-9)17-7-12(16,6-15)8-1-2-8/h3-5,8H,1-2,7,16H2. The van der Waals surface area contributed by atoms with Crippen LogP contribution in [0, 0.1) is 28.9 Å². The Morgan fingerprint density at radius 2 is 2.18 bits per heavy atom. The van der Waals surface area contributed by atoms with Crippen LogP contribution in [0.15, 0.2) is 18.2 Å². The lowest BCUT2D eigenvalue weighted by Gasteiger charge is -2.21. The molecule has 1 saturated carbocycles. The van der Waals surface area contributed by atoms with Crippen LogP contribution in [-0.2, 0) is 0 Å². The van der Waals surface area contributed by atoms with Gasteiger partial charge in [0.05, 0.1) is 6.07 Å². The van der Waals surface area contributed by atoms with Crippen molar-refractivity contribution in [1.29, 1.82) is 5.26 Å². The fourth-order valence-electron chi connectivity index (χ4n) is 1.62. The van der Waals surface area contributed by atoms with E-state index >= 15 is 0 Å². The van der Waals surface area contributed by atoms with Crippen LogP contribution in [0.5, 0.6) is 5.75 Å². The van der Waals surface area contributed by atoms with Gasteiger partial charge in [-0.3, -0.25) is 0 Å². The Hall–Kier alpha value is -1.67. The molecule has 1 aliphatic carbocycles. The maximum Gasteiger partial charge on any atom is 0.165 e. The lowest BCUT2D eigenvalue weighted by molar-refractivity contribution is 0.227. The largest absolute Gasteiger partial charge is 0.487 e. The van der Waals surface area contributed by atoms with Crippen molar-refractivity contribution in [2.45, 2.75) is 18.4 Å². The fraction of sp³-hybridized carbons (Fsp3) is 0.417. The average Bonchev–Trinajstić information content (AvgIpc) is 3.14. The summed E-state index contributed by atoms with van der Waals surface area (Å²) in [6.45, 7) is -0.130. The van der Waals surface area contributed by atoms with Crippen LogP contribution in [0.4, 0.5) is 8.78 Å². The third-order valence-electron chi connectivity index (χ3n) is 2.87. The summed E-state index contributed by atoms with van der Waals surface area (Å²) in [5, 5.41) is 8.97. The fourth-order valence-corrected chi connectivity index (χ4v) is 1.62. The summed E-state index contributed by atoms with van der Waals surface area (Å²) in [4.78, 5) is 0. The third-order valence-corrected chi connectivity index (χ3v) is 2.87. The molecule has 1 fully saturated rings. The van der Waals surface area contributed by atoms with E-state index in [1.165, 1.54) is 0 Å². The number of ether oxygens (including phenoxy) is 1. The summed E-state index contributed by atoms with van der Waals surface area (Å²) in [7, 11) is 0. The zero-order chi connectivity index (χ0) is 12.5. The Kier molecular flexibility index (Phi) is 2.99. The first-order chi connectivity index (χ1) is 8.05. The summed E-state index contributed by atoms with van der Waals surface area (Å²) in [5.41, 5.74) is 4.72. The topological polar surface area (TPSA) is 59.0 Å². The van der Waals surface area contributed by atoms with Crippen LogP contribution in [0.2, 0.25) is 0 Å². The van der Waals surface area contributed by atoms with Gasteiger partial charge < -0.3 is 10.5 Å². The van der Waals surface area contributed by atoms with Gasteiger partial charge >= 0.3 is 0 Å². The van der Waals surface area contributed by atoms with Crippen molar-refractivity contribution in [3.8, 4) is 11.8 Å². The average molecular weight is 238 g/mol. The van der Waals surface area contributed by atoms with Crippen LogP contribution in [0.3, 0.4) is 0 Å². The number of halogens is 2. The predicted molar refractivity (Wildman–Crippen MR) is 57.1 cm³/mol. The van der Waals surface area contributed by atoms with Crippen molar-refractivity contribution in [3.63, 3.8) is 0 Å². The molecule has 0 saturated heterocycles. The predicted octanol–water partition coefficient (Wildman–Crippen LogP) is 1.97. The molecule has 1 atom stereocenters. The molecule has 0 aromatic heterocycles. The number of hydrogen-bond donors (Lipinski definition) is 1. The quantitative estimate of drug-likeness (QED) is 0.872. The summed E-state index contributed by atoms with van der Waals surface area (Å²) in [5.74, 6) is -1.38. The molecule has 0 aliphatic heterocycles. The van der Waals surface area contributed by atoms with Crippen molar-refractivity contribution < 1.29 is 13.5 Å². The van der Waals surface area contributed by atoms with Gasteiger partial charge in [-0.15, -0.1) is 0 Å². The van der Waals surface area contributed by atoms with E-state index in [1.54, 1.807) is 0 Å². The summed E-state index contributed by atoms with van der Waals surface area (Å²) < 4.78 is 31.2. The normalized spacial score (nSPS) is 18.2. The number of benzene rings is 1. The van der Waals surface area contributed by atoms with E-state index in [2.05, 4.69) is 0 Å². The van der Waals surface area contributed by atoms with E-state index < -0.39 is 17.2 Å². The molecule has 3 nitrogen and oxygen atoms in total. The lowest BCUT2D eigenvalue weighted by atomic mass is 9.98. The number of hydrogen-bond acceptors (Lipinski definition) is 3. The minimum Gasteiger partial charge on any atom is -0.487 e. The van der Waals surface area contributed by atoms with E-state index in [4.69, 9.17) is 15.7 Å². The van der Waals surface area contributed by atoms with Crippen LogP contribution in [-0.4, -0.2) is 12.1 Å². The first-order valence-electron chi connectivity index (χ1n) is 5.33. The maximum atomic E-state index is 13.3. The molecule has 1 unspecified atom stereocenters. The summed E-state index contributed by atoms with van der Waals surface area (Å²) in [6, 6.07) is 4.91. The minimum absolute atomic E-state index is 0.0871. The molecular weight excluding hydrogens is 226 g/mol. The molecule has 0 bridgehead atoms. The Bertz CT molecular complexity index is 468. The molecule has 1 aromatic carbocycles. The first kappa shape index (κ1) is 11.8. The molecule has 5 heteroatoms. The molecule has 1 aromatic rings. The second kappa shape index (κ2) is 4.30. The van der Waals surface area contributed by atoms with E-state index in [-0.39, 0.29) is 18.3 Å². The highest BCUT2D eigenvalue weighted by Gasteiger charge is 2.43. The molecule has 0 heterocycles. The van der Waals surface area contributed by atoms with Crippen molar-refractivity contribution in [2.24, 2.45) is 11.7 Å².